The van der Waals surface area contributed by atoms with E-state index in [4.69, 9.17) is 5.73 Å². The summed E-state index contributed by atoms with van der Waals surface area (Å²) in [6, 6.07) is 4.18. The lowest BCUT2D eigenvalue weighted by molar-refractivity contribution is -0.143. The van der Waals surface area contributed by atoms with E-state index >= 15 is 0 Å². The number of nitrogens with zero attached hydrogens (tertiary/aromatic N) is 3. The van der Waals surface area contributed by atoms with E-state index in [1.165, 1.54) is 22.7 Å². The summed E-state index contributed by atoms with van der Waals surface area (Å²) in [5.74, 6) is -0.172. The van der Waals surface area contributed by atoms with Crippen molar-refractivity contribution in [3.05, 3.63) is 47.7 Å². The van der Waals surface area contributed by atoms with E-state index in [9.17, 15) is 26.3 Å². The van der Waals surface area contributed by atoms with Crippen molar-refractivity contribution in [2.24, 2.45) is 0 Å². The van der Waals surface area contributed by atoms with Crippen LogP contribution in [0.2, 0.25) is 0 Å². The van der Waals surface area contributed by atoms with Crippen LogP contribution >= 0.6 is 0 Å². The molecule has 0 radical (unpaired) electrons. The van der Waals surface area contributed by atoms with Crippen molar-refractivity contribution in [3.63, 3.8) is 0 Å². The maximum absolute atomic E-state index is 12.9. The fourth-order valence-corrected chi connectivity index (χ4v) is 2.19. The molecule has 0 saturated carbocycles. The third kappa shape index (κ3) is 2.86. The van der Waals surface area contributed by atoms with Gasteiger partial charge >= 0.3 is 12.4 Å². The number of nitrogens with two attached hydrogens (primary N) is 1. The second-order valence-electron chi connectivity index (χ2n) is 5.01. The van der Waals surface area contributed by atoms with Crippen molar-refractivity contribution in [3.8, 4) is 11.4 Å². The topological polar surface area (TPSA) is 56.2 Å². The van der Waals surface area contributed by atoms with Crippen molar-refractivity contribution >= 4 is 11.3 Å². The molecule has 0 atom stereocenters. The predicted molar refractivity (Wildman–Crippen MR) is 72.8 cm³/mol. The number of aromatic nitrogens is 3. The van der Waals surface area contributed by atoms with Crippen LogP contribution in [-0.4, -0.2) is 14.6 Å². The summed E-state index contributed by atoms with van der Waals surface area (Å²) in [6.45, 7) is 0. The average Bonchev–Trinajstić information content (AvgIpc) is 2.88. The molecule has 126 valence electrons. The van der Waals surface area contributed by atoms with Crippen LogP contribution in [-0.2, 0) is 12.4 Å². The van der Waals surface area contributed by atoms with Crippen molar-refractivity contribution in [1.29, 1.82) is 0 Å². The van der Waals surface area contributed by atoms with Crippen LogP contribution < -0.4 is 5.73 Å². The minimum atomic E-state index is -4.93. The normalized spacial score (nSPS) is 12.8. The summed E-state index contributed by atoms with van der Waals surface area (Å²) >= 11 is 0. The molecule has 2 heterocycles. The summed E-state index contributed by atoms with van der Waals surface area (Å²) in [5.41, 5.74) is 2.88. The minimum Gasteiger partial charge on any atom is -0.398 e. The molecule has 1 aromatic carbocycles. The number of alkyl halides is 6. The number of anilines is 1. The predicted octanol–water partition coefficient (Wildman–Crippen LogP) is 4.02. The highest BCUT2D eigenvalue weighted by atomic mass is 19.4. The Kier molecular flexibility index (Phi) is 3.43. The maximum Gasteiger partial charge on any atom is 0.416 e. The Morgan fingerprint density at radius 3 is 1.96 bits per heavy atom. The number of fused-ring (bicyclic) bond motifs is 1. The number of rotatable bonds is 1. The van der Waals surface area contributed by atoms with Gasteiger partial charge in [-0.2, -0.15) is 26.3 Å². The average molecular weight is 346 g/mol. The molecule has 3 aromatic rings. The highest BCUT2D eigenvalue weighted by Gasteiger charge is 2.37. The van der Waals surface area contributed by atoms with Gasteiger partial charge in [0.15, 0.2) is 11.5 Å². The number of benzene rings is 1. The van der Waals surface area contributed by atoms with Crippen LogP contribution in [0.25, 0.3) is 17.0 Å². The van der Waals surface area contributed by atoms with E-state index in [1.807, 2.05) is 0 Å². The summed E-state index contributed by atoms with van der Waals surface area (Å²) in [7, 11) is 0. The zero-order valence-electron chi connectivity index (χ0n) is 11.7. The van der Waals surface area contributed by atoms with Crippen LogP contribution in [0.4, 0.5) is 32.0 Å². The van der Waals surface area contributed by atoms with Crippen LogP contribution in [0, 0.1) is 0 Å². The van der Waals surface area contributed by atoms with Gasteiger partial charge in [0, 0.05) is 17.4 Å². The van der Waals surface area contributed by atoms with Gasteiger partial charge in [0.1, 0.15) is 0 Å². The van der Waals surface area contributed by atoms with E-state index < -0.39 is 23.5 Å². The van der Waals surface area contributed by atoms with E-state index in [0.29, 0.717) is 12.1 Å². The van der Waals surface area contributed by atoms with Crippen molar-refractivity contribution < 1.29 is 26.3 Å². The van der Waals surface area contributed by atoms with Crippen molar-refractivity contribution in [1.82, 2.24) is 14.6 Å². The van der Waals surface area contributed by atoms with Crippen molar-refractivity contribution in [2.75, 3.05) is 5.73 Å². The second-order valence-corrected chi connectivity index (χ2v) is 5.01. The number of pyridine rings is 1. The summed E-state index contributed by atoms with van der Waals surface area (Å²) in [5, 5.41) is 7.39. The highest BCUT2D eigenvalue weighted by molar-refractivity contribution is 5.63. The first-order valence-electron chi connectivity index (χ1n) is 6.46. The summed E-state index contributed by atoms with van der Waals surface area (Å²) in [6.07, 6.45) is -8.55. The summed E-state index contributed by atoms with van der Waals surface area (Å²) < 4.78 is 78.8. The third-order valence-electron chi connectivity index (χ3n) is 3.27. The molecule has 0 aliphatic rings. The molecular formula is C14H8F6N4. The van der Waals surface area contributed by atoms with Gasteiger partial charge in [0.25, 0.3) is 0 Å². The lowest BCUT2D eigenvalue weighted by atomic mass is 10.0. The lowest BCUT2D eigenvalue weighted by Crippen LogP contribution is -2.11. The number of halogens is 6. The molecule has 2 aromatic heterocycles. The third-order valence-corrected chi connectivity index (χ3v) is 3.27. The Hall–Kier alpha value is -2.78. The van der Waals surface area contributed by atoms with Crippen LogP contribution in [0.1, 0.15) is 11.1 Å². The first kappa shape index (κ1) is 16.1. The number of hydrogen-bond acceptors (Lipinski definition) is 3. The van der Waals surface area contributed by atoms with E-state index in [0.717, 1.165) is 0 Å². The Bertz CT molecular complexity index is 877. The molecule has 0 aliphatic heterocycles. The minimum absolute atomic E-state index is 0.0566. The molecule has 3 rings (SSSR count). The van der Waals surface area contributed by atoms with Gasteiger partial charge in [-0.05, 0) is 30.3 Å². The molecule has 0 bridgehead atoms. The Morgan fingerprint density at radius 2 is 1.42 bits per heavy atom. The molecule has 10 heteroatoms. The van der Waals surface area contributed by atoms with Crippen LogP contribution in [0.3, 0.4) is 0 Å². The smallest absolute Gasteiger partial charge is 0.398 e. The largest absolute Gasteiger partial charge is 0.416 e. The monoisotopic (exact) mass is 346 g/mol. The van der Waals surface area contributed by atoms with Gasteiger partial charge in [-0.3, -0.25) is 4.40 Å². The van der Waals surface area contributed by atoms with Gasteiger partial charge in [0.2, 0.25) is 0 Å². The summed E-state index contributed by atoms with van der Waals surface area (Å²) in [4.78, 5) is 0. The molecular weight excluding hydrogens is 338 g/mol. The van der Waals surface area contributed by atoms with Crippen molar-refractivity contribution in [2.45, 2.75) is 12.4 Å². The molecule has 0 aliphatic carbocycles. The van der Waals surface area contributed by atoms with Gasteiger partial charge in [0.05, 0.1) is 11.1 Å². The first-order chi connectivity index (χ1) is 11.1. The van der Waals surface area contributed by atoms with Gasteiger partial charge < -0.3 is 5.73 Å². The van der Waals surface area contributed by atoms with E-state index in [2.05, 4.69) is 10.2 Å². The number of nitrogen functional groups attached to an aromatic ring is 1. The molecule has 0 fully saturated rings. The Morgan fingerprint density at radius 1 is 0.833 bits per heavy atom. The molecule has 0 saturated heterocycles. The zero-order valence-corrected chi connectivity index (χ0v) is 11.7. The zero-order chi connectivity index (χ0) is 17.7. The number of hydrogen-bond donors (Lipinski definition) is 1. The molecule has 4 nitrogen and oxygen atoms in total. The van der Waals surface area contributed by atoms with Gasteiger partial charge in [-0.15, -0.1) is 10.2 Å². The van der Waals surface area contributed by atoms with E-state index in [-0.39, 0.29) is 28.8 Å². The van der Waals surface area contributed by atoms with Crippen LogP contribution in [0.5, 0.6) is 0 Å². The van der Waals surface area contributed by atoms with Gasteiger partial charge in [-0.1, -0.05) is 0 Å². The Labute approximate surface area is 130 Å². The standard InChI is InChI=1S/C14H8F6N4/c15-13(16,17)8-3-7(4-9(5-8)14(18,19)20)12-23-22-11-2-1-10(21)6-24(11)12/h1-6H,21H2. The first-order valence-corrected chi connectivity index (χ1v) is 6.46. The molecule has 0 amide bonds. The quantitative estimate of drug-likeness (QED) is 0.677. The maximum atomic E-state index is 12.9. The fourth-order valence-electron chi connectivity index (χ4n) is 2.19. The molecule has 24 heavy (non-hydrogen) atoms. The molecule has 0 unspecified atom stereocenters. The van der Waals surface area contributed by atoms with Gasteiger partial charge in [-0.25, -0.2) is 0 Å². The molecule has 0 spiro atoms. The SMILES string of the molecule is Nc1ccc2nnc(-c3cc(C(F)(F)F)cc(C(F)(F)F)c3)n2c1. The Balaban J connectivity index is 2.28. The fraction of sp³-hybridized carbons (Fsp3) is 0.143. The highest BCUT2D eigenvalue weighted by Crippen LogP contribution is 2.38. The van der Waals surface area contributed by atoms with E-state index in [1.54, 1.807) is 0 Å². The van der Waals surface area contributed by atoms with Crippen LogP contribution in [0.15, 0.2) is 36.5 Å². The second kappa shape index (κ2) is 5.11. The lowest BCUT2D eigenvalue weighted by Gasteiger charge is -2.13. The molecule has 2 N–H and O–H groups in total.